The molecule has 0 spiro atoms. The van der Waals surface area contributed by atoms with Gasteiger partial charge in [-0.1, -0.05) is 12.1 Å². The Morgan fingerprint density at radius 3 is 2.36 bits per heavy atom. The number of sulfonamides is 1. The van der Waals surface area contributed by atoms with Crippen LogP contribution in [0.15, 0.2) is 60.1 Å². The number of hydrogen-bond donors (Lipinski definition) is 1. The fourth-order valence-electron chi connectivity index (χ4n) is 4.83. The summed E-state index contributed by atoms with van der Waals surface area (Å²) >= 11 is 0. The Kier molecular flexibility index (Phi) is 7.33. The lowest BCUT2D eigenvalue weighted by Crippen LogP contribution is -2.48. The fourth-order valence-corrected chi connectivity index (χ4v) is 6.16. The van der Waals surface area contributed by atoms with Crippen LogP contribution in [-0.2, 0) is 16.6 Å². The predicted octanol–water partition coefficient (Wildman–Crippen LogP) is 1.94. The normalized spacial score (nSPS) is 18.9. The number of imidazole rings is 1. The molecular weight excluding hydrogens is 481 g/mol. The molecule has 1 atom stereocenters. The van der Waals surface area contributed by atoms with E-state index < -0.39 is 10.0 Å². The van der Waals surface area contributed by atoms with Crippen molar-refractivity contribution >= 4 is 15.7 Å². The van der Waals surface area contributed by atoms with Gasteiger partial charge in [-0.25, -0.2) is 22.8 Å². The van der Waals surface area contributed by atoms with E-state index in [0.29, 0.717) is 32.7 Å². The second kappa shape index (κ2) is 10.6. The standard InChI is InChI=1S/C25H32FN7O2S/c1-20(21-2-4-22(26)5-3-21)33-19-28-16-24(33)18-30-12-14-32(15-13-30)36(34,35)25-7-6-23(17-29-25)31-10-8-27-9-11-31/h2-7,16-17,19-20,27H,8-15,18H2,1H3. The molecular formula is C25H32FN7O2S. The first-order valence-corrected chi connectivity index (χ1v) is 13.8. The van der Waals surface area contributed by atoms with Crippen molar-refractivity contribution in [3.8, 4) is 0 Å². The first kappa shape index (κ1) is 24.8. The molecule has 11 heteroatoms. The number of pyridine rings is 1. The zero-order valence-electron chi connectivity index (χ0n) is 20.4. The quantitative estimate of drug-likeness (QED) is 0.517. The van der Waals surface area contributed by atoms with Crippen molar-refractivity contribution in [1.82, 2.24) is 29.1 Å². The molecule has 2 aliphatic rings. The largest absolute Gasteiger partial charge is 0.368 e. The Hall–Kier alpha value is -2.86. The first-order chi connectivity index (χ1) is 17.4. The minimum Gasteiger partial charge on any atom is -0.368 e. The second-order valence-electron chi connectivity index (χ2n) is 9.29. The maximum absolute atomic E-state index is 13.3. The van der Waals surface area contributed by atoms with E-state index in [-0.39, 0.29) is 16.9 Å². The molecule has 0 radical (unpaired) electrons. The van der Waals surface area contributed by atoms with Crippen LogP contribution in [0, 0.1) is 5.82 Å². The number of rotatable bonds is 7. The van der Waals surface area contributed by atoms with Crippen LogP contribution in [-0.4, -0.2) is 84.5 Å². The molecule has 5 rings (SSSR count). The molecule has 1 aromatic carbocycles. The van der Waals surface area contributed by atoms with Crippen molar-refractivity contribution < 1.29 is 12.8 Å². The third-order valence-corrected chi connectivity index (χ3v) is 8.85. The molecule has 2 fully saturated rings. The van der Waals surface area contributed by atoms with Gasteiger partial charge in [-0.15, -0.1) is 0 Å². The third kappa shape index (κ3) is 5.29. The van der Waals surface area contributed by atoms with Crippen LogP contribution in [0.4, 0.5) is 10.1 Å². The van der Waals surface area contributed by atoms with Crippen LogP contribution in [0.25, 0.3) is 0 Å². The van der Waals surface area contributed by atoms with Gasteiger partial charge in [0.25, 0.3) is 10.0 Å². The molecule has 2 aromatic heterocycles. The molecule has 3 aromatic rings. The summed E-state index contributed by atoms with van der Waals surface area (Å²) in [5, 5.41) is 3.41. The van der Waals surface area contributed by atoms with Gasteiger partial charge in [-0.05, 0) is 36.8 Å². The summed E-state index contributed by atoms with van der Waals surface area (Å²) in [6.07, 6.45) is 5.30. The Bertz CT molecular complexity index is 1250. The van der Waals surface area contributed by atoms with Gasteiger partial charge in [-0.3, -0.25) is 4.90 Å². The number of aromatic nitrogens is 3. The minimum atomic E-state index is -3.64. The summed E-state index contributed by atoms with van der Waals surface area (Å²) in [6, 6.07) is 10.0. The first-order valence-electron chi connectivity index (χ1n) is 12.3. The molecule has 0 aliphatic carbocycles. The highest BCUT2D eigenvalue weighted by Crippen LogP contribution is 2.23. The van der Waals surface area contributed by atoms with E-state index in [1.165, 1.54) is 16.4 Å². The van der Waals surface area contributed by atoms with Crippen molar-refractivity contribution in [3.05, 3.63) is 72.2 Å². The average molecular weight is 514 g/mol. The van der Waals surface area contributed by atoms with Crippen molar-refractivity contribution in [2.45, 2.75) is 24.5 Å². The summed E-state index contributed by atoms with van der Waals surface area (Å²) in [5.41, 5.74) is 2.99. The molecule has 0 bridgehead atoms. The summed E-state index contributed by atoms with van der Waals surface area (Å²) in [4.78, 5) is 13.1. The SMILES string of the molecule is CC(c1ccc(F)cc1)n1cncc1CN1CCN(S(=O)(=O)c2ccc(N3CCNCC3)cn2)CC1. The van der Waals surface area contributed by atoms with Crippen LogP contribution in [0.2, 0.25) is 0 Å². The van der Waals surface area contributed by atoms with Crippen molar-refractivity contribution in [2.75, 3.05) is 57.3 Å². The molecule has 192 valence electrons. The van der Waals surface area contributed by atoms with Crippen LogP contribution < -0.4 is 10.2 Å². The number of piperazine rings is 2. The van der Waals surface area contributed by atoms with Crippen LogP contribution in [0.1, 0.15) is 24.2 Å². The van der Waals surface area contributed by atoms with Gasteiger partial charge in [-0.2, -0.15) is 4.31 Å². The lowest BCUT2D eigenvalue weighted by molar-refractivity contribution is 0.177. The maximum Gasteiger partial charge on any atom is 0.260 e. The molecule has 9 nitrogen and oxygen atoms in total. The Labute approximate surface area is 211 Å². The number of hydrogen-bond acceptors (Lipinski definition) is 7. The highest BCUT2D eigenvalue weighted by Gasteiger charge is 2.30. The van der Waals surface area contributed by atoms with E-state index in [4.69, 9.17) is 0 Å². The van der Waals surface area contributed by atoms with Crippen LogP contribution in [0.3, 0.4) is 0 Å². The average Bonchev–Trinajstić information content (AvgIpc) is 3.37. The predicted molar refractivity (Wildman–Crippen MR) is 136 cm³/mol. The fraction of sp³-hybridized carbons (Fsp3) is 0.440. The Balaban J connectivity index is 1.19. The van der Waals surface area contributed by atoms with Gasteiger partial charge in [0, 0.05) is 65.1 Å². The third-order valence-electron chi connectivity index (χ3n) is 7.04. The topological polar surface area (TPSA) is 86.6 Å². The molecule has 0 amide bonds. The van der Waals surface area contributed by atoms with E-state index in [1.807, 2.05) is 12.3 Å². The summed E-state index contributed by atoms with van der Waals surface area (Å²) in [7, 11) is -3.64. The zero-order valence-corrected chi connectivity index (χ0v) is 21.2. The van der Waals surface area contributed by atoms with Crippen molar-refractivity contribution in [1.29, 1.82) is 0 Å². The summed E-state index contributed by atoms with van der Waals surface area (Å²) < 4.78 is 43.3. The molecule has 1 unspecified atom stereocenters. The lowest BCUT2D eigenvalue weighted by atomic mass is 10.1. The highest BCUT2D eigenvalue weighted by molar-refractivity contribution is 7.89. The van der Waals surface area contributed by atoms with Gasteiger partial charge in [0.15, 0.2) is 5.03 Å². The number of benzene rings is 1. The van der Waals surface area contributed by atoms with Crippen molar-refractivity contribution in [2.24, 2.45) is 0 Å². The molecule has 2 aliphatic heterocycles. The molecule has 4 heterocycles. The maximum atomic E-state index is 13.3. The van der Waals surface area contributed by atoms with Gasteiger partial charge >= 0.3 is 0 Å². The number of nitrogens with zero attached hydrogens (tertiary/aromatic N) is 6. The van der Waals surface area contributed by atoms with Crippen molar-refractivity contribution in [3.63, 3.8) is 0 Å². The monoisotopic (exact) mass is 513 g/mol. The Morgan fingerprint density at radius 2 is 1.69 bits per heavy atom. The lowest BCUT2D eigenvalue weighted by Gasteiger charge is -2.34. The summed E-state index contributed by atoms with van der Waals surface area (Å²) in [5.74, 6) is -0.254. The van der Waals surface area contributed by atoms with E-state index >= 15 is 0 Å². The van der Waals surface area contributed by atoms with Crippen LogP contribution >= 0.6 is 0 Å². The summed E-state index contributed by atoms with van der Waals surface area (Å²) in [6.45, 7) is 8.38. The van der Waals surface area contributed by atoms with E-state index in [2.05, 4.69) is 36.6 Å². The van der Waals surface area contributed by atoms with Gasteiger partial charge in [0.2, 0.25) is 0 Å². The van der Waals surface area contributed by atoms with Gasteiger partial charge in [0.05, 0.1) is 29.9 Å². The van der Waals surface area contributed by atoms with E-state index in [9.17, 15) is 12.8 Å². The number of nitrogens with one attached hydrogen (secondary N) is 1. The van der Waals surface area contributed by atoms with Gasteiger partial charge in [0.1, 0.15) is 5.82 Å². The van der Waals surface area contributed by atoms with E-state index in [0.717, 1.165) is 43.1 Å². The molecule has 0 saturated carbocycles. The number of halogens is 1. The van der Waals surface area contributed by atoms with Gasteiger partial charge < -0.3 is 14.8 Å². The zero-order chi connectivity index (χ0) is 25.1. The number of anilines is 1. The molecule has 36 heavy (non-hydrogen) atoms. The molecule has 2 saturated heterocycles. The second-order valence-corrected chi connectivity index (χ2v) is 11.2. The smallest absolute Gasteiger partial charge is 0.260 e. The minimum absolute atomic E-state index is 0.0139. The van der Waals surface area contributed by atoms with E-state index in [1.54, 1.807) is 30.7 Å². The van der Waals surface area contributed by atoms with Crippen LogP contribution in [0.5, 0.6) is 0 Å². The highest BCUT2D eigenvalue weighted by atomic mass is 32.2. The Morgan fingerprint density at radius 1 is 0.972 bits per heavy atom. The molecule has 1 N–H and O–H groups in total.